The van der Waals surface area contributed by atoms with E-state index in [0.717, 1.165) is 6.07 Å². The predicted octanol–water partition coefficient (Wildman–Crippen LogP) is 6.22. The molecule has 0 saturated heterocycles. The van der Waals surface area contributed by atoms with Crippen molar-refractivity contribution in [3.8, 4) is 11.1 Å². The maximum Gasteiger partial charge on any atom is 0.416 e. The van der Waals surface area contributed by atoms with Gasteiger partial charge in [0.1, 0.15) is 17.5 Å². The number of carbonyl (C=O) groups is 1. The van der Waals surface area contributed by atoms with Gasteiger partial charge in [-0.1, -0.05) is 6.07 Å². The highest BCUT2D eigenvalue weighted by atomic mass is 32.2. The molecule has 43 heavy (non-hydrogen) atoms. The summed E-state index contributed by atoms with van der Waals surface area (Å²) in [6.45, 7) is 1.43. The van der Waals surface area contributed by atoms with Gasteiger partial charge in [0.25, 0.3) is 0 Å². The zero-order chi connectivity index (χ0) is 31.3. The van der Waals surface area contributed by atoms with Crippen molar-refractivity contribution in [2.75, 3.05) is 27.9 Å². The van der Waals surface area contributed by atoms with Crippen molar-refractivity contribution in [2.24, 2.45) is 0 Å². The second kappa shape index (κ2) is 13.0. The highest BCUT2D eigenvalue weighted by Crippen LogP contribution is 2.33. The van der Waals surface area contributed by atoms with Crippen molar-refractivity contribution in [2.45, 2.75) is 24.0 Å². The third-order valence-corrected chi connectivity index (χ3v) is 6.64. The van der Waals surface area contributed by atoms with Crippen LogP contribution >= 0.6 is 0 Å². The van der Waals surface area contributed by atoms with E-state index < -0.39 is 51.7 Å². The topological polar surface area (TPSA) is 152 Å². The first kappa shape index (κ1) is 31.1. The molecule has 0 saturated carbocycles. The minimum absolute atomic E-state index is 0.136. The van der Waals surface area contributed by atoms with Gasteiger partial charge in [0, 0.05) is 28.4 Å². The number of aliphatic hydroxyl groups excluding tert-OH is 1. The highest BCUT2D eigenvalue weighted by Gasteiger charge is 2.31. The number of hydrogen-bond donors (Lipinski definition) is 7. The van der Waals surface area contributed by atoms with Gasteiger partial charge in [-0.25, -0.2) is 22.8 Å². The fourth-order valence-electron chi connectivity index (χ4n) is 3.71. The average molecular weight is 622 g/mol. The summed E-state index contributed by atoms with van der Waals surface area (Å²) >= 11 is 0. The van der Waals surface area contributed by atoms with Crippen LogP contribution in [0, 0.1) is 16.4 Å². The Morgan fingerprint density at radius 3 is 2.33 bits per heavy atom. The molecule has 16 heteroatoms. The molecule has 1 aromatic heterocycles. The van der Waals surface area contributed by atoms with Crippen molar-refractivity contribution < 1.29 is 36.1 Å². The van der Waals surface area contributed by atoms with E-state index in [4.69, 9.17) is 4.78 Å². The van der Waals surface area contributed by atoms with Crippen LogP contribution in [-0.2, 0) is 16.8 Å². The number of nitrogens with zero attached hydrogens (tertiary/aromatic N) is 2. The molecule has 0 aliphatic rings. The monoisotopic (exact) mass is 621 g/mol. The minimum atomic E-state index is -4.76. The number of hydrogen-bond acceptors (Lipinski definition) is 8. The fourth-order valence-corrected chi connectivity index (χ4v) is 4.13. The number of amides is 2. The Morgan fingerprint density at radius 2 is 1.70 bits per heavy atom. The molecule has 2 atom stereocenters. The summed E-state index contributed by atoms with van der Waals surface area (Å²) in [4.78, 5) is 21.3. The number of halogens is 5. The number of aromatic nitrogens is 2. The number of benzene rings is 3. The number of urea groups is 1. The number of anilines is 5. The molecule has 3 aromatic carbocycles. The Labute approximate surface area is 243 Å². The van der Waals surface area contributed by atoms with Gasteiger partial charge in [-0.3, -0.25) is 4.78 Å². The van der Waals surface area contributed by atoms with Crippen molar-refractivity contribution in [3.63, 3.8) is 0 Å². The first-order chi connectivity index (χ1) is 20.3. The number of thiol groups is 1. The molecular weight excluding hydrogens is 597 g/mol. The quantitative estimate of drug-likeness (QED) is 0.0865. The minimum Gasteiger partial charge on any atom is -0.394 e. The van der Waals surface area contributed by atoms with Crippen molar-refractivity contribution in [1.29, 1.82) is 4.78 Å². The number of carbonyl (C=O) groups excluding carboxylic acids is 1. The van der Waals surface area contributed by atoms with Crippen LogP contribution < -0.4 is 21.3 Å². The first-order valence-electron chi connectivity index (χ1n) is 12.4. The van der Waals surface area contributed by atoms with Crippen molar-refractivity contribution >= 4 is 45.5 Å². The molecule has 0 aliphatic carbocycles. The van der Waals surface area contributed by atoms with E-state index in [-0.39, 0.29) is 29.6 Å². The lowest BCUT2D eigenvalue weighted by molar-refractivity contribution is -0.137. The first-order valence-corrected chi connectivity index (χ1v) is 13.6. The maximum atomic E-state index is 15.0. The molecule has 0 bridgehead atoms. The summed E-state index contributed by atoms with van der Waals surface area (Å²) in [6, 6.07) is 9.76. The van der Waals surface area contributed by atoms with Gasteiger partial charge in [0.15, 0.2) is 0 Å². The highest BCUT2D eigenvalue weighted by molar-refractivity contribution is 7.73. The van der Waals surface area contributed by atoms with Crippen molar-refractivity contribution in [3.05, 3.63) is 84.1 Å². The molecule has 0 radical (unpaired) electrons. The van der Waals surface area contributed by atoms with E-state index in [1.807, 2.05) is 5.32 Å². The van der Waals surface area contributed by atoms with E-state index in [0.29, 0.717) is 34.3 Å². The average Bonchev–Trinajstić information content (AvgIpc) is 2.95. The van der Waals surface area contributed by atoms with Crippen molar-refractivity contribution in [1.82, 2.24) is 9.97 Å². The molecule has 2 unspecified atom stereocenters. The summed E-state index contributed by atoms with van der Waals surface area (Å²) in [5, 5.41) is 19.6. The van der Waals surface area contributed by atoms with E-state index in [9.17, 15) is 31.7 Å². The SMILES string of the molecule is CC(CO)Nc1nc(Nc2ccc([SH](=N)=O)cc2)ncc1-c1ccc(NC(=O)Nc2cc(C(F)(F)F)ccc2F)c(F)c1. The lowest BCUT2D eigenvalue weighted by Crippen LogP contribution is -2.21. The number of rotatable bonds is 9. The molecule has 0 spiro atoms. The number of nitrogens with one attached hydrogen (secondary N) is 5. The molecule has 0 fully saturated rings. The zero-order valence-corrected chi connectivity index (χ0v) is 23.0. The van der Waals surface area contributed by atoms with Crippen LogP contribution in [-0.4, -0.2) is 38.0 Å². The predicted molar refractivity (Wildman–Crippen MR) is 152 cm³/mol. The summed E-state index contributed by atoms with van der Waals surface area (Å²) in [5.41, 5.74) is -1.12. The molecule has 4 rings (SSSR count). The lowest BCUT2D eigenvalue weighted by Gasteiger charge is -2.17. The Bertz CT molecular complexity index is 1710. The molecular formula is C27H24F5N7O3S. The number of alkyl halides is 3. The van der Waals surface area contributed by atoms with Crippen LogP contribution in [0.5, 0.6) is 0 Å². The van der Waals surface area contributed by atoms with E-state index in [1.165, 1.54) is 30.5 Å². The van der Waals surface area contributed by atoms with Crippen LogP contribution in [0.2, 0.25) is 0 Å². The van der Waals surface area contributed by atoms with Crippen LogP contribution in [0.1, 0.15) is 12.5 Å². The van der Waals surface area contributed by atoms with E-state index in [2.05, 4.69) is 25.9 Å². The van der Waals surface area contributed by atoms with Crippen LogP contribution in [0.4, 0.5) is 55.6 Å². The molecule has 226 valence electrons. The maximum absolute atomic E-state index is 15.0. The van der Waals surface area contributed by atoms with Gasteiger partial charge >= 0.3 is 12.2 Å². The molecule has 2 amide bonds. The second-order valence-electron chi connectivity index (χ2n) is 9.12. The van der Waals surface area contributed by atoms with Gasteiger partial charge < -0.3 is 26.4 Å². The smallest absolute Gasteiger partial charge is 0.394 e. The molecule has 4 aromatic rings. The molecule has 10 nitrogen and oxygen atoms in total. The molecule has 6 N–H and O–H groups in total. The van der Waals surface area contributed by atoms with E-state index >= 15 is 4.39 Å². The number of aliphatic hydroxyl groups is 1. The molecule has 1 heterocycles. The van der Waals surface area contributed by atoms with E-state index in [1.54, 1.807) is 19.1 Å². The van der Waals surface area contributed by atoms with Gasteiger partial charge in [0.2, 0.25) is 5.95 Å². The van der Waals surface area contributed by atoms with Gasteiger partial charge in [-0.15, -0.1) is 0 Å². The second-order valence-corrected chi connectivity index (χ2v) is 10.2. The zero-order valence-electron chi connectivity index (χ0n) is 22.1. The van der Waals surface area contributed by atoms with Gasteiger partial charge in [-0.2, -0.15) is 18.2 Å². The van der Waals surface area contributed by atoms with Crippen LogP contribution in [0.25, 0.3) is 11.1 Å². The summed E-state index contributed by atoms with van der Waals surface area (Å²) in [6.07, 6.45) is -3.37. The summed E-state index contributed by atoms with van der Waals surface area (Å²) < 4.78 is 86.5. The van der Waals surface area contributed by atoms with Crippen LogP contribution in [0.15, 0.2) is 71.8 Å². The lowest BCUT2D eigenvalue weighted by atomic mass is 10.1. The fraction of sp³-hybridized carbons (Fsp3) is 0.148. The Morgan fingerprint density at radius 1 is 1.00 bits per heavy atom. The van der Waals surface area contributed by atoms with Crippen LogP contribution in [0.3, 0.4) is 0 Å². The standard InChI is InChI=1S/C27H24F5N7O3S/c1-14(13-40)35-24-19(12-34-25(39-24)36-17-4-6-18(7-5-17)43(33)42)15-2-9-22(21(29)10-15)37-26(41)38-23-11-16(27(30,31)32)3-8-20(23)28/h2-12,14,33,40,43H,13H2,1H3,(H2,37,38,41)(H2,34,35,36,39). The van der Waals surface area contributed by atoms with Gasteiger partial charge in [-0.05, 0) is 67.1 Å². The third kappa shape index (κ3) is 7.92. The Balaban J connectivity index is 1.55. The largest absolute Gasteiger partial charge is 0.416 e. The van der Waals surface area contributed by atoms with Gasteiger partial charge in [0.05, 0.1) is 34.1 Å². The Hall–Kier alpha value is -4.83. The third-order valence-electron chi connectivity index (χ3n) is 5.87. The normalized spacial score (nSPS) is 12.7. The summed E-state index contributed by atoms with van der Waals surface area (Å²) in [5.74, 6) is -1.68. The Kier molecular flexibility index (Phi) is 9.40. The molecule has 0 aliphatic heterocycles. The summed E-state index contributed by atoms with van der Waals surface area (Å²) in [7, 11) is -2.25.